The van der Waals surface area contributed by atoms with Crippen molar-refractivity contribution in [1.29, 1.82) is 0 Å². The van der Waals surface area contributed by atoms with Crippen LogP contribution in [0.2, 0.25) is 5.02 Å². The molecule has 0 aliphatic rings. The summed E-state index contributed by atoms with van der Waals surface area (Å²) in [6.07, 6.45) is 3.01. The number of anilines is 1. The first-order valence-electron chi connectivity index (χ1n) is 4.72. The van der Waals surface area contributed by atoms with E-state index < -0.39 is 5.82 Å². The quantitative estimate of drug-likeness (QED) is 0.836. The van der Waals surface area contributed by atoms with Crippen molar-refractivity contribution in [3.8, 4) is 17.1 Å². The van der Waals surface area contributed by atoms with E-state index in [0.717, 1.165) is 0 Å². The van der Waals surface area contributed by atoms with Crippen LogP contribution in [-0.2, 0) is 0 Å². The van der Waals surface area contributed by atoms with Crippen LogP contribution in [0, 0.1) is 5.82 Å². The molecule has 0 radical (unpaired) electrons. The first kappa shape index (κ1) is 11.6. The summed E-state index contributed by atoms with van der Waals surface area (Å²) in [4.78, 5) is 7.84. The van der Waals surface area contributed by atoms with Gasteiger partial charge in [0.25, 0.3) is 0 Å². The predicted molar refractivity (Wildman–Crippen MR) is 63.4 cm³/mol. The molecule has 1 aromatic heterocycles. The lowest BCUT2D eigenvalue weighted by Gasteiger charge is -2.06. The van der Waals surface area contributed by atoms with Gasteiger partial charge in [0, 0.05) is 23.5 Å². The Kier molecular flexibility index (Phi) is 3.10. The Morgan fingerprint density at radius 3 is 2.53 bits per heavy atom. The minimum atomic E-state index is -0.528. The minimum Gasteiger partial charge on any atom is -0.467 e. The van der Waals surface area contributed by atoms with Crippen molar-refractivity contribution in [2.24, 2.45) is 0 Å². The number of methoxy groups -OCH3 is 1. The van der Waals surface area contributed by atoms with Gasteiger partial charge in [0.1, 0.15) is 5.82 Å². The first-order valence-corrected chi connectivity index (χ1v) is 5.10. The van der Waals surface area contributed by atoms with E-state index in [1.807, 2.05) is 0 Å². The molecule has 2 N–H and O–H groups in total. The Hall–Kier alpha value is -1.88. The summed E-state index contributed by atoms with van der Waals surface area (Å²) in [6.45, 7) is 0. The van der Waals surface area contributed by atoms with Crippen LogP contribution in [-0.4, -0.2) is 17.1 Å². The highest BCUT2D eigenvalue weighted by atomic mass is 35.5. The number of rotatable bonds is 2. The Morgan fingerprint density at radius 1 is 1.29 bits per heavy atom. The molecule has 6 heteroatoms. The van der Waals surface area contributed by atoms with E-state index in [0.29, 0.717) is 16.1 Å². The maximum absolute atomic E-state index is 13.3. The second-order valence-electron chi connectivity index (χ2n) is 3.31. The number of nitrogens with zero attached hydrogens (tertiary/aromatic N) is 2. The second-order valence-corrected chi connectivity index (χ2v) is 3.72. The number of ether oxygens (including phenoxy) is 1. The van der Waals surface area contributed by atoms with E-state index in [1.54, 1.807) is 0 Å². The highest BCUT2D eigenvalue weighted by Gasteiger charge is 2.09. The van der Waals surface area contributed by atoms with Gasteiger partial charge in [-0.2, -0.15) is 0 Å². The Labute approximate surface area is 102 Å². The number of hydrogen-bond donors (Lipinski definition) is 1. The second kappa shape index (κ2) is 4.55. The minimum absolute atomic E-state index is 0.00757. The largest absolute Gasteiger partial charge is 0.467 e. The van der Waals surface area contributed by atoms with E-state index in [4.69, 9.17) is 22.1 Å². The standard InChI is InChI=1S/C11H9ClFN3O/c1-17-11-15-4-6(5-16-11)7-2-9(13)10(14)3-8(7)12/h2-5H,14H2,1H3. The molecular formula is C11H9ClFN3O. The third kappa shape index (κ3) is 2.29. The summed E-state index contributed by atoms with van der Waals surface area (Å²) >= 11 is 5.98. The molecule has 1 heterocycles. The molecule has 2 rings (SSSR count). The predicted octanol–water partition coefficient (Wildman–Crippen LogP) is 2.53. The summed E-state index contributed by atoms with van der Waals surface area (Å²) in [7, 11) is 1.46. The molecule has 0 spiro atoms. The van der Waals surface area contributed by atoms with Crippen LogP contribution >= 0.6 is 11.6 Å². The van der Waals surface area contributed by atoms with E-state index in [1.165, 1.54) is 31.6 Å². The molecule has 0 aliphatic carbocycles. The maximum atomic E-state index is 13.3. The van der Waals surface area contributed by atoms with Crippen molar-refractivity contribution in [2.75, 3.05) is 12.8 Å². The summed E-state index contributed by atoms with van der Waals surface area (Å²) < 4.78 is 18.2. The van der Waals surface area contributed by atoms with E-state index in [-0.39, 0.29) is 11.7 Å². The third-order valence-corrected chi connectivity index (χ3v) is 2.52. The fraction of sp³-hybridized carbons (Fsp3) is 0.0909. The van der Waals surface area contributed by atoms with E-state index >= 15 is 0 Å². The van der Waals surface area contributed by atoms with Crippen molar-refractivity contribution < 1.29 is 9.13 Å². The summed E-state index contributed by atoms with van der Waals surface area (Å²) in [5.41, 5.74) is 6.49. The zero-order valence-corrected chi connectivity index (χ0v) is 9.70. The fourth-order valence-electron chi connectivity index (χ4n) is 1.34. The van der Waals surface area contributed by atoms with Gasteiger partial charge in [-0.15, -0.1) is 0 Å². The Morgan fingerprint density at radius 2 is 1.94 bits per heavy atom. The zero-order chi connectivity index (χ0) is 12.4. The van der Waals surface area contributed by atoms with Gasteiger partial charge in [-0.3, -0.25) is 0 Å². The number of nitrogens with two attached hydrogens (primary N) is 1. The first-order chi connectivity index (χ1) is 8.11. The molecule has 2 aromatic rings. The number of halogens is 2. The van der Waals surface area contributed by atoms with Crippen molar-refractivity contribution in [1.82, 2.24) is 9.97 Å². The molecule has 0 saturated heterocycles. The molecular weight excluding hydrogens is 245 g/mol. The van der Waals surface area contributed by atoms with Crippen LogP contribution in [0.3, 0.4) is 0 Å². The molecule has 0 amide bonds. The average Bonchev–Trinajstić information content (AvgIpc) is 2.34. The zero-order valence-electron chi connectivity index (χ0n) is 8.95. The van der Waals surface area contributed by atoms with Crippen molar-refractivity contribution in [2.45, 2.75) is 0 Å². The molecule has 0 atom stereocenters. The van der Waals surface area contributed by atoms with Crippen LogP contribution < -0.4 is 10.5 Å². The van der Waals surface area contributed by atoms with Gasteiger partial charge in [-0.25, -0.2) is 14.4 Å². The van der Waals surface area contributed by atoms with Crippen LogP contribution in [0.15, 0.2) is 24.5 Å². The molecule has 0 saturated carbocycles. The lowest BCUT2D eigenvalue weighted by Crippen LogP contribution is -1.94. The number of hydrogen-bond acceptors (Lipinski definition) is 4. The molecule has 0 unspecified atom stereocenters. The Bertz CT molecular complexity index is 545. The van der Waals surface area contributed by atoms with Gasteiger partial charge >= 0.3 is 6.01 Å². The summed E-state index contributed by atoms with van der Waals surface area (Å²) in [6, 6.07) is 2.85. The number of aromatic nitrogens is 2. The summed E-state index contributed by atoms with van der Waals surface area (Å²) in [5, 5.41) is 0.345. The van der Waals surface area contributed by atoms with Crippen LogP contribution in [0.25, 0.3) is 11.1 Å². The lowest BCUT2D eigenvalue weighted by atomic mass is 10.1. The molecule has 4 nitrogen and oxygen atoms in total. The van der Waals surface area contributed by atoms with E-state index in [9.17, 15) is 4.39 Å². The Balaban J connectivity index is 2.48. The average molecular weight is 254 g/mol. The molecule has 0 fully saturated rings. The molecule has 0 bridgehead atoms. The van der Waals surface area contributed by atoms with E-state index in [2.05, 4.69) is 9.97 Å². The summed E-state index contributed by atoms with van der Waals surface area (Å²) in [5.74, 6) is -0.528. The van der Waals surface area contributed by atoms with Crippen molar-refractivity contribution >= 4 is 17.3 Å². The van der Waals surface area contributed by atoms with Crippen LogP contribution in [0.1, 0.15) is 0 Å². The van der Waals surface area contributed by atoms with Gasteiger partial charge in [0.15, 0.2) is 0 Å². The monoisotopic (exact) mass is 253 g/mol. The maximum Gasteiger partial charge on any atom is 0.316 e. The smallest absolute Gasteiger partial charge is 0.316 e. The van der Waals surface area contributed by atoms with Crippen molar-refractivity contribution in [3.63, 3.8) is 0 Å². The molecule has 1 aromatic carbocycles. The molecule has 0 aliphatic heterocycles. The SMILES string of the molecule is COc1ncc(-c2cc(F)c(N)cc2Cl)cn1. The number of nitrogen functional groups attached to an aromatic ring is 1. The molecule has 17 heavy (non-hydrogen) atoms. The lowest BCUT2D eigenvalue weighted by molar-refractivity contribution is 0.380. The third-order valence-electron chi connectivity index (χ3n) is 2.21. The fourth-order valence-corrected chi connectivity index (χ4v) is 1.63. The van der Waals surface area contributed by atoms with Gasteiger partial charge in [-0.05, 0) is 12.1 Å². The highest BCUT2D eigenvalue weighted by Crippen LogP contribution is 2.30. The number of benzene rings is 1. The topological polar surface area (TPSA) is 61.0 Å². The van der Waals surface area contributed by atoms with Crippen LogP contribution in [0.5, 0.6) is 6.01 Å². The highest BCUT2D eigenvalue weighted by molar-refractivity contribution is 6.33. The molecule has 88 valence electrons. The van der Waals surface area contributed by atoms with Gasteiger partial charge in [0.05, 0.1) is 17.8 Å². The van der Waals surface area contributed by atoms with Crippen LogP contribution in [0.4, 0.5) is 10.1 Å². The van der Waals surface area contributed by atoms with Crippen molar-refractivity contribution in [3.05, 3.63) is 35.4 Å². The van der Waals surface area contributed by atoms with Gasteiger partial charge in [-0.1, -0.05) is 11.6 Å². The normalized spacial score (nSPS) is 10.3. The van der Waals surface area contributed by atoms with Gasteiger partial charge in [0.2, 0.25) is 0 Å². The van der Waals surface area contributed by atoms with Gasteiger partial charge < -0.3 is 10.5 Å².